The minimum atomic E-state index is -0.00901. The highest BCUT2D eigenvalue weighted by Gasteiger charge is 2.30. The number of hydrogen-bond donors (Lipinski definition) is 2. The van der Waals surface area contributed by atoms with Gasteiger partial charge in [-0.3, -0.25) is 9.69 Å². The molecular formula is C16H22ClN3O. The second kappa shape index (κ2) is 6.24. The van der Waals surface area contributed by atoms with Crippen molar-refractivity contribution in [2.75, 3.05) is 30.7 Å². The number of nitrogens with zero attached hydrogens (tertiary/aromatic N) is 1. The molecule has 114 valence electrons. The van der Waals surface area contributed by atoms with E-state index in [-0.39, 0.29) is 5.91 Å². The van der Waals surface area contributed by atoms with Crippen molar-refractivity contribution in [1.82, 2.24) is 4.90 Å². The fraction of sp³-hybridized carbons (Fsp3) is 0.562. The Morgan fingerprint density at radius 2 is 1.86 bits per heavy atom. The Labute approximate surface area is 130 Å². The van der Waals surface area contributed by atoms with Crippen LogP contribution >= 0.6 is 11.6 Å². The first-order valence-corrected chi connectivity index (χ1v) is 8.05. The lowest BCUT2D eigenvalue weighted by Crippen LogP contribution is -2.36. The van der Waals surface area contributed by atoms with Crippen molar-refractivity contribution in [3.8, 4) is 0 Å². The number of halogens is 1. The highest BCUT2D eigenvalue weighted by Crippen LogP contribution is 2.33. The molecule has 0 radical (unpaired) electrons. The summed E-state index contributed by atoms with van der Waals surface area (Å²) in [5.41, 5.74) is 7.01. The normalized spacial score (nSPS) is 18.0. The number of rotatable bonds is 7. The summed E-state index contributed by atoms with van der Waals surface area (Å²) in [4.78, 5) is 14.5. The lowest BCUT2D eigenvalue weighted by atomic mass is 10.2. The van der Waals surface area contributed by atoms with Gasteiger partial charge in [0.2, 0.25) is 5.91 Å². The van der Waals surface area contributed by atoms with E-state index in [1.807, 2.05) is 0 Å². The van der Waals surface area contributed by atoms with Gasteiger partial charge >= 0.3 is 0 Å². The van der Waals surface area contributed by atoms with E-state index in [1.165, 1.54) is 25.7 Å². The van der Waals surface area contributed by atoms with Gasteiger partial charge in [0.25, 0.3) is 0 Å². The number of benzene rings is 1. The molecule has 0 spiro atoms. The Morgan fingerprint density at radius 1 is 1.24 bits per heavy atom. The molecular weight excluding hydrogens is 286 g/mol. The van der Waals surface area contributed by atoms with Crippen molar-refractivity contribution in [2.24, 2.45) is 11.8 Å². The first kappa shape index (κ1) is 14.7. The van der Waals surface area contributed by atoms with Gasteiger partial charge in [-0.2, -0.15) is 0 Å². The summed E-state index contributed by atoms with van der Waals surface area (Å²) in [6.45, 7) is 2.54. The molecule has 2 saturated carbocycles. The molecule has 0 unspecified atom stereocenters. The average molecular weight is 308 g/mol. The maximum absolute atomic E-state index is 12.2. The van der Waals surface area contributed by atoms with E-state index in [9.17, 15) is 4.79 Å². The smallest absolute Gasteiger partial charge is 0.238 e. The van der Waals surface area contributed by atoms with Gasteiger partial charge < -0.3 is 11.1 Å². The number of nitrogens with one attached hydrogen (secondary N) is 1. The molecule has 2 fully saturated rings. The van der Waals surface area contributed by atoms with Crippen LogP contribution in [0.3, 0.4) is 0 Å². The predicted molar refractivity (Wildman–Crippen MR) is 86.4 cm³/mol. The predicted octanol–water partition coefficient (Wildman–Crippen LogP) is 2.98. The minimum Gasteiger partial charge on any atom is -0.397 e. The Kier molecular flexibility index (Phi) is 4.36. The van der Waals surface area contributed by atoms with Gasteiger partial charge in [-0.05, 0) is 55.7 Å². The molecule has 3 rings (SSSR count). The van der Waals surface area contributed by atoms with Crippen LogP contribution in [-0.4, -0.2) is 30.4 Å². The van der Waals surface area contributed by atoms with Crippen LogP contribution in [0.15, 0.2) is 18.2 Å². The van der Waals surface area contributed by atoms with Crippen molar-refractivity contribution < 1.29 is 4.79 Å². The summed E-state index contributed by atoms with van der Waals surface area (Å²) < 4.78 is 0. The van der Waals surface area contributed by atoms with Gasteiger partial charge in [-0.25, -0.2) is 0 Å². The van der Waals surface area contributed by atoms with E-state index >= 15 is 0 Å². The zero-order chi connectivity index (χ0) is 14.8. The monoisotopic (exact) mass is 307 g/mol. The molecule has 21 heavy (non-hydrogen) atoms. The number of hydrogen-bond acceptors (Lipinski definition) is 3. The number of nitrogens with two attached hydrogens (primary N) is 1. The van der Waals surface area contributed by atoms with Crippen molar-refractivity contribution in [3.63, 3.8) is 0 Å². The Morgan fingerprint density at radius 3 is 2.43 bits per heavy atom. The van der Waals surface area contributed by atoms with Gasteiger partial charge in [-0.1, -0.05) is 11.6 Å². The first-order chi connectivity index (χ1) is 10.1. The minimum absolute atomic E-state index is 0.00901. The third-order valence-corrected chi connectivity index (χ3v) is 4.32. The molecule has 4 nitrogen and oxygen atoms in total. The highest BCUT2D eigenvalue weighted by atomic mass is 35.5. The summed E-state index contributed by atoms with van der Waals surface area (Å²) in [7, 11) is 0. The highest BCUT2D eigenvalue weighted by molar-refractivity contribution is 6.31. The van der Waals surface area contributed by atoms with Crippen LogP contribution in [0, 0.1) is 11.8 Å². The third-order valence-electron chi connectivity index (χ3n) is 4.08. The maximum atomic E-state index is 12.2. The van der Waals surface area contributed by atoms with E-state index in [4.69, 9.17) is 17.3 Å². The summed E-state index contributed by atoms with van der Waals surface area (Å²) >= 11 is 5.94. The molecule has 1 aromatic rings. The zero-order valence-corrected chi connectivity index (χ0v) is 12.9. The number of nitrogen functional groups attached to an aromatic ring is 1. The molecule has 0 heterocycles. The molecule has 5 heteroatoms. The van der Waals surface area contributed by atoms with Crippen molar-refractivity contribution in [1.29, 1.82) is 0 Å². The van der Waals surface area contributed by atoms with Gasteiger partial charge in [0.05, 0.1) is 17.9 Å². The van der Waals surface area contributed by atoms with Crippen LogP contribution in [0.1, 0.15) is 25.7 Å². The number of anilines is 2. The average Bonchev–Trinajstić information content (AvgIpc) is 3.30. The summed E-state index contributed by atoms with van der Waals surface area (Å²) in [6, 6.07) is 5.13. The lowest BCUT2D eigenvalue weighted by molar-refractivity contribution is -0.117. The molecule has 0 atom stereocenters. The Balaban J connectivity index is 1.56. The fourth-order valence-corrected chi connectivity index (χ4v) is 2.74. The summed E-state index contributed by atoms with van der Waals surface area (Å²) in [5, 5.41) is 3.45. The third kappa shape index (κ3) is 4.61. The number of amides is 1. The Bertz CT molecular complexity index is 512. The number of carbonyl (C=O) groups is 1. The van der Waals surface area contributed by atoms with E-state index in [0.717, 1.165) is 24.9 Å². The van der Waals surface area contributed by atoms with Crippen molar-refractivity contribution in [2.45, 2.75) is 25.7 Å². The zero-order valence-electron chi connectivity index (χ0n) is 12.1. The molecule has 0 aromatic heterocycles. The van der Waals surface area contributed by atoms with Crippen molar-refractivity contribution in [3.05, 3.63) is 23.2 Å². The second-order valence-corrected chi connectivity index (χ2v) is 6.80. The molecule has 1 amide bonds. The first-order valence-electron chi connectivity index (χ1n) is 7.67. The Hall–Kier alpha value is -1.26. The SMILES string of the molecule is Nc1ccc(Cl)cc1NC(=O)CN(CC1CC1)CC1CC1. The molecule has 3 N–H and O–H groups in total. The molecule has 2 aliphatic carbocycles. The standard InChI is InChI=1S/C16H22ClN3O/c17-13-5-6-14(18)15(7-13)19-16(21)10-20(8-11-1-2-11)9-12-3-4-12/h5-7,11-12H,1-4,8-10,18H2,(H,19,21). The van der Waals surface area contributed by atoms with Crippen LogP contribution in [0.5, 0.6) is 0 Å². The van der Waals surface area contributed by atoms with Crippen LogP contribution in [0.25, 0.3) is 0 Å². The molecule has 0 aliphatic heterocycles. The van der Waals surface area contributed by atoms with Crippen molar-refractivity contribution >= 4 is 28.9 Å². The molecule has 1 aromatic carbocycles. The largest absolute Gasteiger partial charge is 0.397 e. The summed E-state index contributed by atoms with van der Waals surface area (Å²) in [5.74, 6) is 1.59. The van der Waals surface area contributed by atoms with Crippen LogP contribution in [-0.2, 0) is 4.79 Å². The topological polar surface area (TPSA) is 58.4 Å². The lowest BCUT2D eigenvalue weighted by Gasteiger charge is -2.21. The van der Waals surface area contributed by atoms with Crippen LogP contribution < -0.4 is 11.1 Å². The van der Waals surface area contributed by atoms with Gasteiger partial charge in [0.15, 0.2) is 0 Å². The molecule has 0 saturated heterocycles. The van der Waals surface area contributed by atoms with Gasteiger partial charge in [-0.15, -0.1) is 0 Å². The summed E-state index contributed by atoms with van der Waals surface area (Å²) in [6.07, 6.45) is 5.24. The van der Waals surface area contributed by atoms with Gasteiger partial charge in [0.1, 0.15) is 0 Å². The van der Waals surface area contributed by atoms with E-state index in [2.05, 4.69) is 10.2 Å². The van der Waals surface area contributed by atoms with Gasteiger partial charge in [0, 0.05) is 18.1 Å². The number of carbonyl (C=O) groups excluding carboxylic acids is 1. The molecule has 0 bridgehead atoms. The fourth-order valence-electron chi connectivity index (χ4n) is 2.56. The van der Waals surface area contributed by atoms with Crippen LogP contribution in [0.2, 0.25) is 5.02 Å². The van der Waals surface area contributed by atoms with E-state index < -0.39 is 0 Å². The quantitative estimate of drug-likeness (QED) is 0.761. The molecule has 2 aliphatic rings. The second-order valence-electron chi connectivity index (χ2n) is 6.36. The van der Waals surface area contributed by atoms with Crippen LogP contribution in [0.4, 0.5) is 11.4 Å². The van der Waals surface area contributed by atoms with E-state index in [0.29, 0.717) is 22.9 Å². The maximum Gasteiger partial charge on any atom is 0.238 e. The van der Waals surface area contributed by atoms with E-state index in [1.54, 1.807) is 18.2 Å².